The minimum atomic E-state index is -4.40. The SMILES string of the molecule is Cc1cc(Oc2ccc3cc(C(=O)N4CCN(Cc5ccc(OCC(F)(F)F)cc5)C(C)C4)n(C)c3c2)ncc1NS(=O)(=O)c1ccc(Cl)c(Cl)c1. The molecule has 1 saturated heterocycles. The Morgan fingerprint density at radius 1 is 0.981 bits per heavy atom. The Kier molecular flexibility index (Phi) is 10.6. The number of rotatable bonds is 10. The van der Waals surface area contributed by atoms with Crippen molar-refractivity contribution >= 4 is 55.7 Å². The number of anilines is 1. The predicted octanol–water partition coefficient (Wildman–Crippen LogP) is 8.07. The number of carbonyl (C=O) groups excluding carboxylic acids is 1. The van der Waals surface area contributed by atoms with Gasteiger partial charge in [0.05, 0.1) is 32.3 Å². The van der Waals surface area contributed by atoms with Crippen LogP contribution in [0.4, 0.5) is 18.9 Å². The topological polar surface area (TPSA) is 106 Å². The fraction of sp³-hybridized carbons (Fsp3) is 0.278. The van der Waals surface area contributed by atoms with Gasteiger partial charge >= 0.3 is 6.18 Å². The molecular weight excluding hydrogens is 742 g/mol. The van der Waals surface area contributed by atoms with Crippen LogP contribution in [0.5, 0.6) is 17.4 Å². The average Bonchev–Trinajstić information content (AvgIpc) is 3.42. The van der Waals surface area contributed by atoms with Crippen LogP contribution in [-0.2, 0) is 23.6 Å². The lowest BCUT2D eigenvalue weighted by atomic mass is 10.1. The fourth-order valence-corrected chi connectivity index (χ4v) is 7.41. The van der Waals surface area contributed by atoms with Gasteiger partial charge in [0.1, 0.15) is 17.2 Å². The molecule has 16 heteroatoms. The second kappa shape index (κ2) is 14.9. The molecule has 274 valence electrons. The summed E-state index contributed by atoms with van der Waals surface area (Å²) in [6, 6.07) is 19.5. The molecular formula is C36H34Cl2F3N5O5S. The molecule has 1 atom stereocenters. The molecule has 3 heterocycles. The monoisotopic (exact) mass is 775 g/mol. The lowest BCUT2D eigenvalue weighted by Gasteiger charge is -2.40. The highest BCUT2D eigenvalue weighted by Gasteiger charge is 2.30. The van der Waals surface area contributed by atoms with Crippen molar-refractivity contribution < 1.29 is 35.9 Å². The highest BCUT2D eigenvalue weighted by molar-refractivity contribution is 7.92. The van der Waals surface area contributed by atoms with Crippen molar-refractivity contribution in [3.8, 4) is 17.4 Å². The van der Waals surface area contributed by atoms with Gasteiger partial charge in [0.15, 0.2) is 6.61 Å². The third-order valence-corrected chi connectivity index (χ3v) is 10.9. The first kappa shape index (κ1) is 37.3. The van der Waals surface area contributed by atoms with Crippen LogP contribution in [0.25, 0.3) is 10.9 Å². The van der Waals surface area contributed by atoms with E-state index in [4.69, 9.17) is 32.7 Å². The van der Waals surface area contributed by atoms with Gasteiger partial charge < -0.3 is 18.9 Å². The van der Waals surface area contributed by atoms with Gasteiger partial charge in [-0.15, -0.1) is 0 Å². The van der Waals surface area contributed by atoms with Crippen LogP contribution >= 0.6 is 23.2 Å². The minimum Gasteiger partial charge on any atom is -0.484 e. The third kappa shape index (κ3) is 8.58. The Morgan fingerprint density at radius 3 is 2.38 bits per heavy atom. The van der Waals surface area contributed by atoms with Crippen LogP contribution in [-0.4, -0.2) is 72.1 Å². The number of nitrogens with one attached hydrogen (secondary N) is 1. The molecule has 0 saturated carbocycles. The third-order valence-electron chi connectivity index (χ3n) is 8.75. The summed E-state index contributed by atoms with van der Waals surface area (Å²) in [4.78, 5) is 22.0. The summed E-state index contributed by atoms with van der Waals surface area (Å²) in [7, 11) is -2.14. The number of piperazine rings is 1. The number of amides is 1. The Bertz CT molecular complexity index is 2230. The van der Waals surface area contributed by atoms with E-state index in [0.29, 0.717) is 43.2 Å². The summed E-state index contributed by atoms with van der Waals surface area (Å²) in [5, 5.41) is 1.21. The Labute approximate surface area is 308 Å². The van der Waals surface area contributed by atoms with Gasteiger partial charge in [-0.05, 0) is 73.5 Å². The number of pyridine rings is 1. The largest absolute Gasteiger partial charge is 0.484 e. The quantitative estimate of drug-likeness (QED) is 0.153. The molecule has 0 aliphatic carbocycles. The Morgan fingerprint density at radius 2 is 1.71 bits per heavy atom. The number of halogens is 5. The minimum absolute atomic E-state index is 0.0436. The molecule has 3 aromatic carbocycles. The standard InChI is InChI=1S/C36H34Cl2F3N5O5S/c1-22-14-34(42-18-31(22)43-52(48,49)28-10-11-29(37)30(38)17-28)51-27-9-6-25-15-33(44(3)32(25)16-27)35(47)46-13-12-45(23(2)19-46)20-24-4-7-26(8-5-24)50-21-36(39,40)41/h4-11,14-18,23,43H,12-13,19-21H2,1-3H3. The van der Waals surface area contributed by atoms with Crippen LogP contribution in [0, 0.1) is 6.92 Å². The first-order valence-electron chi connectivity index (χ1n) is 16.1. The van der Waals surface area contributed by atoms with Gasteiger partial charge in [0.25, 0.3) is 15.9 Å². The summed E-state index contributed by atoms with van der Waals surface area (Å²) < 4.78 is 78.4. The molecule has 0 spiro atoms. The van der Waals surface area contributed by atoms with E-state index in [-0.39, 0.29) is 44.2 Å². The van der Waals surface area contributed by atoms with Crippen molar-refractivity contribution in [1.29, 1.82) is 0 Å². The molecule has 10 nitrogen and oxygen atoms in total. The number of carbonyl (C=O) groups is 1. The van der Waals surface area contributed by atoms with Crippen molar-refractivity contribution in [3.63, 3.8) is 0 Å². The summed E-state index contributed by atoms with van der Waals surface area (Å²) in [5.74, 6) is 0.780. The zero-order valence-electron chi connectivity index (χ0n) is 28.2. The lowest BCUT2D eigenvalue weighted by molar-refractivity contribution is -0.153. The zero-order chi connectivity index (χ0) is 37.4. The number of benzene rings is 3. The number of nitrogens with zero attached hydrogens (tertiary/aromatic N) is 4. The maximum Gasteiger partial charge on any atom is 0.422 e. The molecule has 1 amide bonds. The number of aryl methyl sites for hydroxylation is 2. The van der Waals surface area contributed by atoms with Crippen LogP contribution in [0.15, 0.2) is 83.9 Å². The van der Waals surface area contributed by atoms with Crippen molar-refractivity contribution in [2.24, 2.45) is 7.05 Å². The van der Waals surface area contributed by atoms with Crippen LogP contribution in [0.1, 0.15) is 28.5 Å². The van der Waals surface area contributed by atoms with E-state index in [9.17, 15) is 26.4 Å². The van der Waals surface area contributed by atoms with Crippen molar-refractivity contribution in [2.75, 3.05) is 31.0 Å². The molecule has 6 rings (SSSR count). The number of aromatic nitrogens is 2. The van der Waals surface area contributed by atoms with Crippen molar-refractivity contribution in [1.82, 2.24) is 19.4 Å². The molecule has 5 aromatic rings. The Hall–Kier alpha value is -4.50. The van der Waals surface area contributed by atoms with Gasteiger partial charge in [-0.25, -0.2) is 13.4 Å². The van der Waals surface area contributed by atoms with E-state index in [1.165, 1.54) is 36.5 Å². The number of fused-ring (bicyclic) bond motifs is 1. The van der Waals surface area contributed by atoms with E-state index < -0.39 is 22.8 Å². The summed E-state index contributed by atoms with van der Waals surface area (Å²) in [5.41, 5.74) is 3.07. The van der Waals surface area contributed by atoms with E-state index in [2.05, 4.69) is 14.6 Å². The van der Waals surface area contributed by atoms with Gasteiger partial charge in [-0.2, -0.15) is 13.2 Å². The number of hydrogen-bond acceptors (Lipinski definition) is 7. The summed E-state index contributed by atoms with van der Waals surface area (Å²) in [6.45, 7) is 4.66. The second-order valence-corrected chi connectivity index (χ2v) is 15.0. The van der Waals surface area contributed by atoms with E-state index >= 15 is 0 Å². The molecule has 0 radical (unpaired) electrons. The van der Waals surface area contributed by atoms with Gasteiger partial charge in [-0.3, -0.25) is 14.4 Å². The molecule has 1 aliphatic heterocycles. The average molecular weight is 777 g/mol. The number of alkyl halides is 3. The molecule has 1 aliphatic rings. The maximum atomic E-state index is 13.7. The molecule has 1 N–H and O–H groups in total. The van der Waals surface area contributed by atoms with Crippen LogP contribution in [0.2, 0.25) is 10.0 Å². The maximum absolute atomic E-state index is 13.7. The fourth-order valence-electron chi connectivity index (χ4n) is 5.91. The van der Waals surface area contributed by atoms with Crippen LogP contribution in [0.3, 0.4) is 0 Å². The number of hydrogen-bond donors (Lipinski definition) is 1. The molecule has 1 fully saturated rings. The molecule has 2 aromatic heterocycles. The van der Waals surface area contributed by atoms with Crippen LogP contribution < -0.4 is 14.2 Å². The first-order valence-corrected chi connectivity index (χ1v) is 18.3. The predicted molar refractivity (Wildman–Crippen MR) is 193 cm³/mol. The smallest absolute Gasteiger partial charge is 0.422 e. The highest BCUT2D eigenvalue weighted by Crippen LogP contribution is 2.31. The van der Waals surface area contributed by atoms with E-state index in [1.54, 1.807) is 31.2 Å². The van der Waals surface area contributed by atoms with E-state index in [0.717, 1.165) is 16.5 Å². The van der Waals surface area contributed by atoms with Gasteiger partial charge in [-0.1, -0.05) is 35.3 Å². The summed E-state index contributed by atoms with van der Waals surface area (Å²) in [6.07, 6.45) is -3.03. The molecule has 52 heavy (non-hydrogen) atoms. The number of sulfonamides is 1. The molecule has 1 unspecified atom stereocenters. The Balaban J connectivity index is 1.08. The zero-order valence-corrected chi connectivity index (χ0v) is 30.6. The first-order chi connectivity index (χ1) is 24.6. The lowest BCUT2D eigenvalue weighted by Crippen LogP contribution is -2.53. The highest BCUT2D eigenvalue weighted by atomic mass is 35.5. The molecule has 0 bridgehead atoms. The second-order valence-electron chi connectivity index (χ2n) is 12.5. The van der Waals surface area contributed by atoms with Crippen molar-refractivity contribution in [2.45, 2.75) is 37.5 Å². The van der Waals surface area contributed by atoms with Gasteiger partial charge in [0, 0.05) is 56.8 Å². The van der Waals surface area contributed by atoms with E-state index in [1.807, 2.05) is 41.6 Å². The number of ether oxygens (including phenoxy) is 2. The summed E-state index contributed by atoms with van der Waals surface area (Å²) >= 11 is 11.9. The normalized spacial score (nSPS) is 15.5. The van der Waals surface area contributed by atoms with Gasteiger partial charge in [0.2, 0.25) is 5.88 Å². The van der Waals surface area contributed by atoms with Crippen molar-refractivity contribution in [3.05, 3.63) is 106 Å².